The maximum absolute atomic E-state index is 14.0. The Hall–Kier alpha value is -1.78. The summed E-state index contributed by atoms with van der Waals surface area (Å²) in [4.78, 5) is 6.13. The smallest absolute Gasteiger partial charge is 0.246 e. The molecule has 2 aromatic carbocycles. The zero-order valence-electron chi connectivity index (χ0n) is 16.1. The van der Waals surface area contributed by atoms with E-state index in [1.807, 2.05) is 16.3 Å². The molecule has 1 fully saturated rings. The van der Waals surface area contributed by atoms with Gasteiger partial charge in [-0.05, 0) is 29.8 Å². The van der Waals surface area contributed by atoms with Gasteiger partial charge in [0.15, 0.2) is 5.13 Å². The topological polar surface area (TPSA) is 53.5 Å². The predicted molar refractivity (Wildman–Crippen MR) is 119 cm³/mol. The Morgan fingerprint density at radius 1 is 1.00 bits per heavy atom. The normalized spacial score (nSPS) is 15.4. The summed E-state index contributed by atoms with van der Waals surface area (Å²) >= 11 is 13.5. The minimum absolute atomic E-state index is 0.181. The first-order chi connectivity index (χ1) is 14.7. The van der Waals surface area contributed by atoms with Crippen LogP contribution in [0.5, 0.6) is 0 Å². The van der Waals surface area contributed by atoms with Crippen molar-refractivity contribution in [1.82, 2.24) is 9.29 Å². The van der Waals surface area contributed by atoms with Crippen LogP contribution < -0.4 is 4.90 Å². The van der Waals surface area contributed by atoms with E-state index in [1.165, 1.54) is 15.6 Å². The predicted octanol–water partition coefficient (Wildman–Crippen LogP) is 4.83. The van der Waals surface area contributed by atoms with Crippen molar-refractivity contribution in [2.45, 2.75) is 11.3 Å². The Bertz CT molecular complexity index is 1210. The molecule has 5 nitrogen and oxygen atoms in total. The summed E-state index contributed by atoms with van der Waals surface area (Å²) in [7, 11) is -4.03. The molecule has 31 heavy (non-hydrogen) atoms. The van der Waals surface area contributed by atoms with E-state index in [0.29, 0.717) is 35.6 Å². The molecule has 3 aromatic rings. The van der Waals surface area contributed by atoms with Gasteiger partial charge in [0.05, 0.1) is 15.7 Å². The Balaban J connectivity index is 1.41. The van der Waals surface area contributed by atoms with E-state index in [0.717, 1.165) is 28.5 Å². The molecule has 164 valence electrons. The lowest BCUT2D eigenvalue weighted by atomic mass is 10.1. The molecule has 1 aliphatic rings. The van der Waals surface area contributed by atoms with Crippen LogP contribution in [0.4, 0.5) is 13.9 Å². The van der Waals surface area contributed by atoms with Crippen molar-refractivity contribution in [1.29, 1.82) is 0 Å². The van der Waals surface area contributed by atoms with Crippen molar-refractivity contribution in [2.75, 3.05) is 31.1 Å². The van der Waals surface area contributed by atoms with E-state index in [-0.39, 0.29) is 13.1 Å². The van der Waals surface area contributed by atoms with Gasteiger partial charge in [-0.1, -0.05) is 29.3 Å². The molecule has 0 spiro atoms. The summed E-state index contributed by atoms with van der Waals surface area (Å²) in [5.41, 5.74) is 1.87. The number of thiazole rings is 1. The summed E-state index contributed by atoms with van der Waals surface area (Å²) in [6.07, 6.45) is 0.603. The second-order valence-electron chi connectivity index (χ2n) is 7.01. The van der Waals surface area contributed by atoms with Gasteiger partial charge in [0.1, 0.15) is 16.5 Å². The van der Waals surface area contributed by atoms with Gasteiger partial charge in [0, 0.05) is 44.0 Å². The fraction of sp³-hybridized carbons (Fsp3) is 0.250. The number of anilines is 1. The van der Waals surface area contributed by atoms with Crippen LogP contribution in [-0.4, -0.2) is 43.9 Å². The third-order valence-corrected chi connectivity index (χ3v) is 8.55. The zero-order valence-corrected chi connectivity index (χ0v) is 19.2. The maximum atomic E-state index is 14.0. The molecule has 0 saturated carbocycles. The molecule has 0 atom stereocenters. The first-order valence-electron chi connectivity index (χ1n) is 9.32. The van der Waals surface area contributed by atoms with E-state index < -0.39 is 26.6 Å². The molecular weight excluding hydrogens is 487 g/mol. The number of benzene rings is 2. The van der Waals surface area contributed by atoms with Gasteiger partial charge >= 0.3 is 0 Å². The minimum Gasteiger partial charge on any atom is -0.345 e. The van der Waals surface area contributed by atoms with E-state index in [9.17, 15) is 17.2 Å². The number of hydrogen-bond donors (Lipinski definition) is 0. The molecule has 0 aliphatic carbocycles. The number of rotatable bonds is 5. The lowest BCUT2D eigenvalue weighted by Crippen LogP contribution is -2.48. The van der Waals surface area contributed by atoms with E-state index >= 15 is 0 Å². The Labute approximate surface area is 192 Å². The standard InChI is InChI=1S/C20H17Cl2F2N3O2S2/c21-16-3-1-13(10-17(16)22)9-15-12-30-20(25-15)26-5-7-27(8-6-26)31(28,29)19-4-2-14(23)11-18(19)24/h1-4,10-12H,5-9H2. The lowest BCUT2D eigenvalue weighted by Gasteiger charge is -2.33. The van der Waals surface area contributed by atoms with E-state index in [4.69, 9.17) is 23.2 Å². The zero-order chi connectivity index (χ0) is 22.2. The maximum Gasteiger partial charge on any atom is 0.246 e. The van der Waals surface area contributed by atoms with Gasteiger partial charge < -0.3 is 4.90 Å². The first-order valence-corrected chi connectivity index (χ1v) is 12.4. The SMILES string of the molecule is O=S(=O)(c1ccc(F)cc1F)N1CCN(c2nc(Cc3ccc(Cl)c(Cl)c3)cs2)CC1. The van der Waals surface area contributed by atoms with Crippen LogP contribution in [0.1, 0.15) is 11.3 Å². The van der Waals surface area contributed by atoms with Crippen molar-refractivity contribution in [3.05, 3.63) is 74.7 Å². The van der Waals surface area contributed by atoms with Gasteiger partial charge in [-0.25, -0.2) is 22.2 Å². The number of sulfonamides is 1. The molecule has 1 saturated heterocycles. The highest BCUT2D eigenvalue weighted by Gasteiger charge is 2.31. The summed E-state index contributed by atoms with van der Waals surface area (Å²) < 4.78 is 53.8. The van der Waals surface area contributed by atoms with E-state index in [2.05, 4.69) is 4.98 Å². The van der Waals surface area contributed by atoms with E-state index in [1.54, 1.807) is 12.1 Å². The quantitative estimate of drug-likeness (QED) is 0.500. The summed E-state index contributed by atoms with van der Waals surface area (Å²) in [6.45, 7) is 1.20. The fourth-order valence-corrected chi connectivity index (χ4v) is 5.99. The molecule has 0 amide bonds. The van der Waals surface area contributed by atoms with Crippen LogP contribution in [0.3, 0.4) is 0 Å². The second kappa shape index (κ2) is 8.99. The Morgan fingerprint density at radius 3 is 2.42 bits per heavy atom. The van der Waals surface area contributed by atoms with Crippen LogP contribution in [0.2, 0.25) is 10.0 Å². The molecule has 4 rings (SSSR count). The molecule has 0 radical (unpaired) electrons. The van der Waals surface area contributed by atoms with Crippen LogP contribution in [-0.2, 0) is 16.4 Å². The van der Waals surface area contributed by atoms with Crippen molar-refractivity contribution in [3.63, 3.8) is 0 Å². The molecular formula is C20H17Cl2F2N3O2S2. The molecule has 1 aromatic heterocycles. The third kappa shape index (κ3) is 4.85. The summed E-state index contributed by atoms with van der Waals surface area (Å²) in [5.74, 6) is -1.91. The van der Waals surface area contributed by atoms with Gasteiger partial charge in [0.2, 0.25) is 10.0 Å². The number of piperazine rings is 1. The van der Waals surface area contributed by atoms with Crippen LogP contribution in [0.25, 0.3) is 0 Å². The van der Waals surface area contributed by atoms with Gasteiger partial charge in [-0.15, -0.1) is 11.3 Å². The molecule has 2 heterocycles. The highest BCUT2D eigenvalue weighted by Crippen LogP contribution is 2.28. The number of nitrogens with zero attached hydrogens (tertiary/aromatic N) is 3. The molecule has 0 unspecified atom stereocenters. The number of hydrogen-bond acceptors (Lipinski definition) is 5. The van der Waals surface area contributed by atoms with Crippen LogP contribution in [0, 0.1) is 11.6 Å². The van der Waals surface area contributed by atoms with Gasteiger partial charge in [-0.2, -0.15) is 4.31 Å². The van der Waals surface area contributed by atoms with Gasteiger partial charge in [-0.3, -0.25) is 0 Å². The van der Waals surface area contributed by atoms with Crippen molar-refractivity contribution < 1.29 is 17.2 Å². The largest absolute Gasteiger partial charge is 0.345 e. The van der Waals surface area contributed by atoms with Crippen molar-refractivity contribution in [3.8, 4) is 0 Å². The average molecular weight is 504 g/mol. The minimum atomic E-state index is -4.03. The molecule has 0 N–H and O–H groups in total. The Kier molecular flexibility index (Phi) is 6.50. The Morgan fingerprint density at radius 2 is 1.74 bits per heavy atom. The first kappa shape index (κ1) is 22.4. The van der Waals surface area contributed by atoms with Crippen LogP contribution in [0.15, 0.2) is 46.7 Å². The molecule has 1 aliphatic heterocycles. The number of aromatic nitrogens is 1. The molecule has 11 heteroatoms. The van der Waals surface area contributed by atoms with Crippen molar-refractivity contribution in [2.24, 2.45) is 0 Å². The summed E-state index contributed by atoms with van der Waals surface area (Å²) in [6, 6.07) is 7.93. The second-order valence-corrected chi connectivity index (χ2v) is 10.6. The molecule has 0 bridgehead atoms. The average Bonchev–Trinajstić information content (AvgIpc) is 3.19. The van der Waals surface area contributed by atoms with Gasteiger partial charge in [0.25, 0.3) is 0 Å². The monoisotopic (exact) mass is 503 g/mol. The third-order valence-electron chi connectivity index (χ3n) is 4.93. The fourth-order valence-electron chi connectivity index (χ4n) is 3.32. The highest BCUT2D eigenvalue weighted by atomic mass is 35.5. The summed E-state index contributed by atoms with van der Waals surface area (Å²) in [5, 5.41) is 3.73. The lowest BCUT2D eigenvalue weighted by molar-refractivity contribution is 0.382. The van der Waals surface area contributed by atoms with Crippen LogP contribution >= 0.6 is 34.5 Å². The van der Waals surface area contributed by atoms with Crippen molar-refractivity contribution >= 4 is 49.7 Å². The highest BCUT2D eigenvalue weighted by molar-refractivity contribution is 7.89. The number of halogens is 4.